The van der Waals surface area contributed by atoms with E-state index in [-0.39, 0.29) is 0 Å². The van der Waals surface area contributed by atoms with Crippen molar-refractivity contribution in [2.24, 2.45) is 0 Å². The molecule has 13 heavy (non-hydrogen) atoms. The van der Waals surface area contributed by atoms with E-state index in [1.165, 1.54) is 32.6 Å². The molecule has 1 heterocycles. The number of hydrogen-bond donors (Lipinski definition) is 1. The summed E-state index contributed by atoms with van der Waals surface area (Å²) in [6, 6.07) is 0.674. The summed E-state index contributed by atoms with van der Waals surface area (Å²) in [4.78, 5) is 4.82. The van der Waals surface area contributed by atoms with Gasteiger partial charge < -0.3 is 15.1 Å². The van der Waals surface area contributed by atoms with Gasteiger partial charge in [0.15, 0.2) is 0 Å². The zero-order valence-electron chi connectivity index (χ0n) is 9.21. The highest BCUT2D eigenvalue weighted by molar-refractivity contribution is 4.74. The van der Waals surface area contributed by atoms with Gasteiger partial charge in [0.1, 0.15) is 0 Å². The average molecular weight is 185 g/mol. The van der Waals surface area contributed by atoms with Crippen LogP contribution in [0.5, 0.6) is 0 Å². The molecule has 1 saturated heterocycles. The largest absolute Gasteiger partial charge is 0.312 e. The van der Waals surface area contributed by atoms with Crippen LogP contribution < -0.4 is 5.32 Å². The van der Waals surface area contributed by atoms with Crippen LogP contribution in [0.3, 0.4) is 0 Å². The lowest BCUT2D eigenvalue weighted by molar-refractivity contribution is 0.198. The van der Waals surface area contributed by atoms with Gasteiger partial charge in [0.05, 0.1) is 0 Å². The number of nitrogens with one attached hydrogen (secondary N) is 1. The van der Waals surface area contributed by atoms with Gasteiger partial charge in [0.25, 0.3) is 0 Å². The SMILES string of the molecule is C[C@H]1CN(CCCN(C)C)CCN1. The van der Waals surface area contributed by atoms with Crippen LogP contribution in [0.1, 0.15) is 13.3 Å². The summed E-state index contributed by atoms with van der Waals surface area (Å²) in [7, 11) is 4.28. The molecule has 3 heteroatoms. The molecule has 0 aromatic carbocycles. The molecule has 0 amide bonds. The minimum absolute atomic E-state index is 0.674. The van der Waals surface area contributed by atoms with E-state index in [0.29, 0.717) is 6.04 Å². The maximum absolute atomic E-state index is 3.46. The molecule has 1 aliphatic heterocycles. The smallest absolute Gasteiger partial charge is 0.0167 e. The Hall–Kier alpha value is -0.120. The fourth-order valence-corrected chi connectivity index (χ4v) is 1.83. The Morgan fingerprint density at radius 3 is 2.85 bits per heavy atom. The molecule has 0 aromatic heterocycles. The lowest BCUT2D eigenvalue weighted by atomic mass is 10.2. The Balaban J connectivity index is 2.06. The zero-order valence-corrected chi connectivity index (χ0v) is 9.21. The van der Waals surface area contributed by atoms with Gasteiger partial charge in [-0.15, -0.1) is 0 Å². The molecule has 3 nitrogen and oxygen atoms in total. The standard InChI is InChI=1S/C10H23N3/c1-10-9-13(8-5-11-10)7-4-6-12(2)3/h10-11H,4-9H2,1-3H3/t10-/m0/s1. The van der Waals surface area contributed by atoms with Gasteiger partial charge in [-0.2, -0.15) is 0 Å². The summed E-state index contributed by atoms with van der Waals surface area (Å²) in [5.74, 6) is 0. The van der Waals surface area contributed by atoms with Crippen LogP contribution in [0.4, 0.5) is 0 Å². The monoisotopic (exact) mass is 185 g/mol. The third kappa shape index (κ3) is 4.60. The predicted molar refractivity (Wildman–Crippen MR) is 57.1 cm³/mol. The predicted octanol–water partition coefficient (Wildman–Crippen LogP) is 0.232. The molecule has 78 valence electrons. The first-order valence-corrected chi connectivity index (χ1v) is 5.29. The molecule has 0 aliphatic carbocycles. The molecule has 0 radical (unpaired) electrons. The summed E-state index contributed by atoms with van der Waals surface area (Å²) in [5, 5.41) is 3.46. The summed E-state index contributed by atoms with van der Waals surface area (Å²) < 4.78 is 0. The first kappa shape index (κ1) is 11.0. The Bertz CT molecular complexity index is 136. The fraction of sp³-hybridized carbons (Fsp3) is 1.00. The van der Waals surface area contributed by atoms with Gasteiger partial charge in [-0.1, -0.05) is 0 Å². The van der Waals surface area contributed by atoms with Gasteiger partial charge in [0, 0.05) is 25.7 Å². The van der Waals surface area contributed by atoms with E-state index in [0.717, 1.165) is 6.54 Å². The summed E-state index contributed by atoms with van der Waals surface area (Å²) in [6.07, 6.45) is 1.29. The molecular weight excluding hydrogens is 162 g/mol. The topological polar surface area (TPSA) is 18.5 Å². The van der Waals surface area contributed by atoms with Crippen molar-refractivity contribution in [3.63, 3.8) is 0 Å². The van der Waals surface area contributed by atoms with E-state index in [4.69, 9.17) is 0 Å². The van der Waals surface area contributed by atoms with Crippen molar-refractivity contribution in [3.05, 3.63) is 0 Å². The van der Waals surface area contributed by atoms with Gasteiger partial charge in [0.2, 0.25) is 0 Å². The van der Waals surface area contributed by atoms with Gasteiger partial charge >= 0.3 is 0 Å². The summed E-state index contributed by atoms with van der Waals surface area (Å²) in [5.41, 5.74) is 0. The van der Waals surface area contributed by atoms with E-state index in [2.05, 4.69) is 36.1 Å². The van der Waals surface area contributed by atoms with E-state index in [9.17, 15) is 0 Å². The maximum Gasteiger partial charge on any atom is 0.0167 e. The second kappa shape index (κ2) is 5.58. The molecule has 0 unspecified atom stereocenters. The minimum atomic E-state index is 0.674. The van der Waals surface area contributed by atoms with Crippen LogP contribution in [0, 0.1) is 0 Å². The zero-order chi connectivity index (χ0) is 9.68. The molecule has 0 spiro atoms. The quantitative estimate of drug-likeness (QED) is 0.676. The lowest BCUT2D eigenvalue weighted by Crippen LogP contribution is -2.49. The van der Waals surface area contributed by atoms with E-state index >= 15 is 0 Å². The van der Waals surface area contributed by atoms with Crippen LogP contribution in [-0.4, -0.2) is 62.7 Å². The van der Waals surface area contributed by atoms with Crippen molar-refractivity contribution in [2.75, 3.05) is 46.8 Å². The van der Waals surface area contributed by atoms with E-state index in [1.807, 2.05) is 0 Å². The first-order valence-electron chi connectivity index (χ1n) is 5.29. The highest BCUT2D eigenvalue weighted by Crippen LogP contribution is 1.99. The van der Waals surface area contributed by atoms with Crippen LogP contribution in [-0.2, 0) is 0 Å². The molecule has 1 fully saturated rings. The number of hydrogen-bond acceptors (Lipinski definition) is 3. The van der Waals surface area contributed by atoms with Gasteiger partial charge in [-0.25, -0.2) is 0 Å². The summed E-state index contributed by atoms with van der Waals surface area (Å²) in [6.45, 7) is 8.31. The molecule has 0 aromatic rings. The van der Waals surface area contributed by atoms with Crippen molar-refractivity contribution in [3.8, 4) is 0 Å². The number of piperazine rings is 1. The van der Waals surface area contributed by atoms with Gasteiger partial charge in [-0.05, 0) is 40.5 Å². The Morgan fingerprint density at radius 2 is 2.23 bits per heavy atom. The average Bonchev–Trinajstić information content (AvgIpc) is 2.03. The number of nitrogens with zero attached hydrogens (tertiary/aromatic N) is 2. The third-order valence-electron chi connectivity index (χ3n) is 2.53. The molecular formula is C10H23N3. The van der Waals surface area contributed by atoms with E-state index < -0.39 is 0 Å². The molecule has 1 atom stereocenters. The van der Waals surface area contributed by atoms with Crippen LogP contribution in [0.2, 0.25) is 0 Å². The van der Waals surface area contributed by atoms with Crippen LogP contribution >= 0.6 is 0 Å². The van der Waals surface area contributed by atoms with Crippen molar-refractivity contribution < 1.29 is 0 Å². The fourth-order valence-electron chi connectivity index (χ4n) is 1.83. The Morgan fingerprint density at radius 1 is 1.46 bits per heavy atom. The Kier molecular flexibility index (Phi) is 4.70. The Labute approximate surface area is 82.1 Å². The second-order valence-electron chi connectivity index (χ2n) is 4.31. The van der Waals surface area contributed by atoms with Crippen molar-refractivity contribution in [2.45, 2.75) is 19.4 Å². The highest BCUT2D eigenvalue weighted by Gasteiger charge is 2.14. The van der Waals surface area contributed by atoms with E-state index in [1.54, 1.807) is 0 Å². The molecule has 0 bridgehead atoms. The molecule has 1 N–H and O–H groups in total. The number of rotatable bonds is 4. The minimum Gasteiger partial charge on any atom is -0.312 e. The lowest BCUT2D eigenvalue weighted by Gasteiger charge is -2.32. The molecule has 1 rings (SSSR count). The second-order valence-corrected chi connectivity index (χ2v) is 4.31. The molecule has 0 saturated carbocycles. The van der Waals surface area contributed by atoms with Crippen molar-refractivity contribution in [1.29, 1.82) is 0 Å². The van der Waals surface area contributed by atoms with Crippen LogP contribution in [0.15, 0.2) is 0 Å². The van der Waals surface area contributed by atoms with Gasteiger partial charge in [-0.3, -0.25) is 0 Å². The van der Waals surface area contributed by atoms with Crippen molar-refractivity contribution in [1.82, 2.24) is 15.1 Å². The third-order valence-corrected chi connectivity index (χ3v) is 2.53. The summed E-state index contributed by atoms with van der Waals surface area (Å²) >= 11 is 0. The first-order chi connectivity index (χ1) is 6.18. The maximum atomic E-state index is 3.46. The molecule has 1 aliphatic rings. The highest BCUT2D eigenvalue weighted by atomic mass is 15.2. The van der Waals surface area contributed by atoms with Crippen molar-refractivity contribution >= 4 is 0 Å². The normalized spacial score (nSPS) is 25.4. The van der Waals surface area contributed by atoms with Crippen LogP contribution in [0.25, 0.3) is 0 Å².